The SMILES string of the molecule is COC(=O)c1ccc(O)cc1.c1ccc(-c2ccccc2)cc1. The molecule has 0 bridgehead atoms. The number of phenolic OH excluding ortho intramolecular Hbond substituents is 1. The molecular formula is C20H18O3. The van der Waals surface area contributed by atoms with E-state index in [9.17, 15) is 4.79 Å². The highest BCUT2D eigenvalue weighted by Crippen LogP contribution is 2.17. The summed E-state index contributed by atoms with van der Waals surface area (Å²) in [7, 11) is 1.31. The van der Waals surface area contributed by atoms with Crippen LogP contribution in [0.15, 0.2) is 84.9 Å². The van der Waals surface area contributed by atoms with Crippen molar-refractivity contribution in [3.05, 3.63) is 90.5 Å². The van der Waals surface area contributed by atoms with E-state index in [0.29, 0.717) is 5.56 Å². The van der Waals surface area contributed by atoms with Gasteiger partial charge in [-0.25, -0.2) is 4.79 Å². The van der Waals surface area contributed by atoms with E-state index in [-0.39, 0.29) is 5.75 Å². The first-order valence-electron chi connectivity index (χ1n) is 7.18. The van der Waals surface area contributed by atoms with Crippen LogP contribution in [0.4, 0.5) is 0 Å². The molecule has 0 amide bonds. The molecule has 0 radical (unpaired) electrons. The summed E-state index contributed by atoms with van der Waals surface area (Å²) in [4.78, 5) is 10.8. The number of rotatable bonds is 2. The maximum Gasteiger partial charge on any atom is 0.337 e. The number of carbonyl (C=O) groups excluding carboxylic acids is 1. The van der Waals surface area contributed by atoms with Gasteiger partial charge in [0.25, 0.3) is 0 Å². The molecule has 0 unspecified atom stereocenters. The Kier molecular flexibility index (Phi) is 5.95. The summed E-state index contributed by atoms with van der Waals surface area (Å²) in [5.41, 5.74) is 2.99. The van der Waals surface area contributed by atoms with Gasteiger partial charge >= 0.3 is 5.97 Å². The van der Waals surface area contributed by atoms with Crippen LogP contribution in [0.3, 0.4) is 0 Å². The molecule has 3 rings (SSSR count). The molecule has 0 atom stereocenters. The minimum Gasteiger partial charge on any atom is -0.508 e. The number of phenols is 1. The minimum absolute atomic E-state index is 0.137. The number of hydrogen-bond donors (Lipinski definition) is 1. The number of methoxy groups -OCH3 is 1. The first kappa shape index (κ1) is 16.3. The lowest BCUT2D eigenvalue weighted by Gasteiger charge is -1.98. The number of aromatic hydroxyl groups is 1. The molecule has 23 heavy (non-hydrogen) atoms. The zero-order chi connectivity index (χ0) is 16.5. The lowest BCUT2D eigenvalue weighted by atomic mass is 10.1. The highest BCUT2D eigenvalue weighted by molar-refractivity contribution is 5.89. The molecule has 3 nitrogen and oxygen atoms in total. The van der Waals surface area contributed by atoms with Gasteiger partial charge in [-0.05, 0) is 35.4 Å². The van der Waals surface area contributed by atoms with Crippen molar-refractivity contribution in [1.29, 1.82) is 0 Å². The summed E-state index contributed by atoms with van der Waals surface area (Å²) in [6.45, 7) is 0. The van der Waals surface area contributed by atoms with Gasteiger partial charge in [-0.1, -0.05) is 60.7 Å². The van der Waals surface area contributed by atoms with Crippen molar-refractivity contribution in [2.45, 2.75) is 0 Å². The van der Waals surface area contributed by atoms with Gasteiger partial charge in [0.2, 0.25) is 0 Å². The van der Waals surface area contributed by atoms with Crippen molar-refractivity contribution in [1.82, 2.24) is 0 Å². The van der Waals surface area contributed by atoms with Crippen LogP contribution < -0.4 is 0 Å². The number of benzene rings is 3. The van der Waals surface area contributed by atoms with E-state index in [1.807, 2.05) is 12.1 Å². The number of hydrogen-bond acceptors (Lipinski definition) is 3. The smallest absolute Gasteiger partial charge is 0.337 e. The van der Waals surface area contributed by atoms with Gasteiger partial charge in [-0.3, -0.25) is 0 Å². The molecule has 3 aromatic rings. The third-order valence-corrected chi connectivity index (χ3v) is 3.17. The zero-order valence-electron chi connectivity index (χ0n) is 12.8. The Morgan fingerprint density at radius 2 is 1.17 bits per heavy atom. The summed E-state index contributed by atoms with van der Waals surface area (Å²) >= 11 is 0. The Balaban J connectivity index is 0.000000168. The number of carbonyl (C=O) groups is 1. The molecule has 3 heteroatoms. The average molecular weight is 306 g/mol. The normalized spacial score (nSPS) is 9.43. The average Bonchev–Trinajstić information content (AvgIpc) is 2.64. The standard InChI is InChI=1S/C12H10.C8H8O3/c1-3-7-11(8-4-1)12-9-5-2-6-10-12;1-11-8(10)6-2-4-7(9)5-3-6/h1-10H;2-5,9H,1H3. The molecule has 0 aliphatic rings. The second-order valence-corrected chi connectivity index (χ2v) is 4.77. The predicted molar refractivity (Wildman–Crippen MR) is 91.3 cm³/mol. The van der Waals surface area contributed by atoms with Crippen LogP contribution in [-0.2, 0) is 4.74 Å². The highest BCUT2D eigenvalue weighted by Gasteiger charge is 2.02. The largest absolute Gasteiger partial charge is 0.508 e. The summed E-state index contributed by atoms with van der Waals surface area (Å²) in [6.07, 6.45) is 0. The Morgan fingerprint density at radius 3 is 1.57 bits per heavy atom. The van der Waals surface area contributed by atoms with E-state index < -0.39 is 5.97 Å². The van der Waals surface area contributed by atoms with Crippen LogP contribution in [0.1, 0.15) is 10.4 Å². The number of esters is 1. The summed E-state index contributed by atoms with van der Waals surface area (Å²) in [6, 6.07) is 26.7. The molecule has 3 aromatic carbocycles. The van der Waals surface area contributed by atoms with Crippen molar-refractivity contribution in [2.24, 2.45) is 0 Å². The van der Waals surface area contributed by atoms with Crippen LogP contribution in [0.2, 0.25) is 0 Å². The van der Waals surface area contributed by atoms with Crippen molar-refractivity contribution in [2.75, 3.05) is 7.11 Å². The Labute approximate surface area is 135 Å². The second-order valence-electron chi connectivity index (χ2n) is 4.77. The molecule has 0 aliphatic carbocycles. The highest BCUT2D eigenvalue weighted by atomic mass is 16.5. The van der Waals surface area contributed by atoms with Gasteiger partial charge in [0.1, 0.15) is 5.75 Å². The lowest BCUT2D eigenvalue weighted by Crippen LogP contribution is -1.99. The van der Waals surface area contributed by atoms with E-state index in [0.717, 1.165) is 0 Å². The van der Waals surface area contributed by atoms with Crippen molar-refractivity contribution in [3.8, 4) is 16.9 Å². The Morgan fingerprint density at radius 1 is 0.739 bits per heavy atom. The van der Waals surface area contributed by atoms with Crippen LogP contribution in [0.25, 0.3) is 11.1 Å². The molecule has 0 saturated heterocycles. The summed E-state index contributed by atoms with van der Waals surface area (Å²) in [5, 5.41) is 8.86. The maximum atomic E-state index is 10.8. The van der Waals surface area contributed by atoms with Crippen LogP contribution in [-0.4, -0.2) is 18.2 Å². The van der Waals surface area contributed by atoms with E-state index in [1.165, 1.54) is 42.5 Å². The third kappa shape index (κ3) is 5.00. The van der Waals surface area contributed by atoms with Crippen LogP contribution in [0.5, 0.6) is 5.75 Å². The van der Waals surface area contributed by atoms with Gasteiger partial charge < -0.3 is 9.84 Å². The molecule has 0 spiro atoms. The van der Waals surface area contributed by atoms with E-state index in [1.54, 1.807) is 0 Å². The molecule has 0 heterocycles. The fraction of sp³-hybridized carbons (Fsp3) is 0.0500. The molecule has 0 saturated carbocycles. The molecule has 0 aromatic heterocycles. The van der Waals surface area contributed by atoms with Crippen molar-refractivity contribution in [3.63, 3.8) is 0 Å². The quantitative estimate of drug-likeness (QED) is 0.707. The lowest BCUT2D eigenvalue weighted by molar-refractivity contribution is 0.0600. The molecule has 116 valence electrons. The van der Waals surface area contributed by atoms with E-state index >= 15 is 0 Å². The van der Waals surface area contributed by atoms with E-state index in [4.69, 9.17) is 5.11 Å². The van der Waals surface area contributed by atoms with Crippen LogP contribution >= 0.6 is 0 Å². The second kappa shape index (κ2) is 8.39. The monoisotopic (exact) mass is 306 g/mol. The first-order chi connectivity index (χ1) is 11.2. The van der Waals surface area contributed by atoms with Gasteiger partial charge in [-0.15, -0.1) is 0 Å². The topological polar surface area (TPSA) is 46.5 Å². The van der Waals surface area contributed by atoms with E-state index in [2.05, 4.69) is 53.3 Å². The molecule has 0 aliphatic heterocycles. The summed E-state index contributed by atoms with van der Waals surface area (Å²) in [5.74, 6) is -0.261. The maximum absolute atomic E-state index is 10.8. The third-order valence-electron chi connectivity index (χ3n) is 3.17. The van der Waals surface area contributed by atoms with Crippen molar-refractivity contribution >= 4 is 5.97 Å². The zero-order valence-corrected chi connectivity index (χ0v) is 12.8. The number of ether oxygens (including phenoxy) is 1. The Bertz CT molecular complexity index is 682. The van der Waals surface area contributed by atoms with Gasteiger partial charge in [-0.2, -0.15) is 0 Å². The van der Waals surface area contributed by atoms with Crippen molar-refractivity contribution < 1.29 is 14.6 Å². The molecular weight excluding hydrogens is 288 g/mol. The van der Waals surface area contributed by atoms with Gasteiger partial charge in [0.15, 0.2) is 0 Å². The minimum atomic E-state index is -0.398. The molecule has 0 fully saturated rings. The Hall–Kier alpha value is -3.07. The fourth-order valence-corrected chi connectivity index (χ4v) is 1.98. The van der Waals surface area contributed by atoms with Gasteiger partial charge in [0, 0.05) is 0 Å². The van der Waals surface area contributed by atoms with Gasteiger partial charge in [0.05, 0.1) is 12.7 Å². The summed E-state index contributed by atoms with van der Waals surface area (Å²) < 4.78 is 4.46. The fourth-order valence-electron chi connectivity index (χ4n) is 1.98. The predicted octanol–water partition coefficient (Wildman–Crippen LogP) is 4.53. The first-order valence-corrected chi connectivity index (χ1v) is 7.18. The molecule has 1 N–H and O–H groups in total. The van der Waals surface area contributed by atoms with Crippen LogP contribution in [0, 0.1) is 0 Å².